The van der Waals surface area contributed by atoms with Crippen molar-refractivity contribution in [2.45, 2.75) is 141 Å². The van der Waals surface area contributed by atoms with E-state index in [4.69, 9.17) is 4.74 Å². The number of cyclic esters (lactones) is 1. The molecule has 1 aromatic carbocycles. The van der Waals surface area contributed by atoms with E-state index in [0.29, 0.717) is 11.3 Å². The number of esters is 1. The summed E-state index contributed by atoms with van der Waals surface area (Å²) in [4.78, 5) is 87.5. The van der Waals surface area contributed by atoms with E-state index in [1.807, 2.05) is 26.8 Å². The molecule has 0 aliphatic carbocycles. The molecule has 54 heavy (non-hydrogen) atoms. The molecule has 0 bridgehead atoms. The highest BCUT2D eigenvalue weighted by atomic mass is 16.6. The number of carbonyl (C=O) groups excluding carboxylic acids is 6. The van der Waals surface area contributed by atoms with Crippen LogP contribution in [0.5, 0.6) is 0 Å². The lowest BCUT2D eigenvalue weighted by Crippen LogP contribution is -2.64. The summed E-state index contributed by atoms with van der Waals surface area (Å²) < 4.78 is 5.85. The summed E-state index contributed by atoms with van der Waals surface area (Å²) in [7, 11) is 0. The molecule has 4 heterocycles. The van der Waals surface area contributed by atoms with E-state index in [0.717, 1.165) is 10.5 Å². The first-order valence-electron chi connectivity index (χ1n) is 19.0. The number of hydrogen-bond acceptors (Lipinski definition) is 11. The molecule has 5 rings (SSSR count). The number of nitrogens with zero attached hydrogens (tertiary/aromatic N) is 2. The van der Waals surface area contributed by atoms with Crippen LogP contribution in [-0.4, -0.2) is 122 Å². The zero-order valence-corrected chi connectivity index (χ0v) is 32.3. The maximum Gasteiger partial charge on any atom is 0.329 e. The summed E-state index contributed by atoms with van der Waals surface area (Å²) in [5.74, 6) is -6.04. The van der Waals surface area contributed by atoms with Crippen LogP contribution < -0.4 is 21.3 Å². The molecule has 5 amide bonds. The van der Waals surface area contributed by atoms with Gasteiger partial charge in [-0.05, 0) is 50.5 Å². The van der Waals surface area contributed by atoms with Gasteiger partial charge in [0.1, 0.15) is 42.0 Å². The summed E-state index contributed by atoms with van der Waals surface area (Å²) >= 11 is 0. The van der Waals surface area contributed by atoms with Crippen molar-refractivity contribution in [3.05, 3.63) is 29.3 Å². The zero-order valence-electron chi connectivity index (χ0n) is 32.3. The van der Waals surface area contributed by atoms with Gasteiger partial charge in [-0.3, -0.25) is 24.0 Å². The van der Waals surface area contributed by atoms with Gasteiger partial charge in [0.15, 0.2) is 6.10 Å². The minimum absolute atomic E-state index is 0.0267. The van der Waals surface area contributed by atoms with Crippen molar-refractivity contribution < 1.29 is 48.8 Å². The van der Waals surface area contributed by atoms with Crippen molar-refractivity contribution >= 4 is 41.2 Å². The number of fused-ring (bicyclic) bond motifs is 6. The summed E-state index contributed by atoms with van der Waals surface area (Å²) in [6, 6.07) is -1.47. The first-order chi connectivity index (χ1) is 25.2. The fourth-order valence-corrected chi connectivity index (χ4v) is 7.96. The van der Waals surface area contributed by atoms with Gasteiger partial charge in [0, 0.05) is 30.6 Å². The van der Waals surface area contributed by atoms with Crippen LogP contribution >= 0.6 is 0 Å². The molecule has 0 spiro atoms. The Bertz CT molecular complexity index is 1650. The van der Waals surface area contributed by atoms with Gasteiger partial charge in [0.05, 0.1) is 12.2 Å². The van der Waals surface area contributed by atoms with E-state index in [1.165, 1.54) is 11.8 Å². The number of aryl methyl sites for hydroxylation is 1. The van der Waals surface area contributed by atoms with Crippen LogP contribution in [0.15, 0.2) is 18.2 Å². The monoisotopic (exact) mass is 756 g/mol. The molecule has 1 aromatic rings. The van der Waals surface area contributed by atoms with Gasteiger partial charge in [-0.2, -0.15) is 0 Å². The lowest BCUT2D eigenvalue weighted by Gasteiger charge is -2.40. The largest absolute Gasteiger partial charge is 0.450 e. The fourth-order valence-electron chi connectivity index (χ4n) is 7.96. The van der Waals surface area contributed by atoms with Gasteiger partial charge in [-0.25, -0.2) is 4.79 Å². The zero-order chi connectivity index (χ0) is 40.0. The number of aliphatic hydroxyl groups excluding tert-OH is 2. The van der Waals surface area contributed by atoms with E-state index in [1.54, 1.807) is 39.8 Å². The van der Waals surface area contributed by atoms with Crippen molar-refractivity contribution in [3.8, 4) is 0 Å². The molecule has 16 nitrogen and oxygen atoms in total. The average molecular weight is 757 g/mol. The van der Waals surface area contributed by atoms with E-state index >= 15 is 0 Å². The summed E-state index contributed by atoms with van der Waals surface area (Å²) in [6.07, 6.45) is -5.15. The van der Waals surface area contributed by atoms with Crippen LogP contribution in [0.1, 0.15) is 85.3 Å². The molecule has 3 fully saturated rings. The van der Waals surface area contributed by atoms with Gasteiger partial charge in [-0.15, -0.1) is 0 Å². The number of carbonyl (C=O) groups is 6. The minimum atomic E-state index is -1.78. The Balaban J connectivity index is 1.62. The van der Waals surface area contributed by atoms with Crippen molar-refractivity contribution in [2.75, 3.05) is 11.9 Å². The van der Waals surface area contributed by atoms with Crippen LogP contribution in [0, 0.1) is 24.7 Å². The molecular formula is C38H56N6O10. The predicted octanol–water partition coefficient (Wildman–Crippen LogP) is 0.00572. The van der Waals surface area contributed by atoms with Crippen molar-refractivity contribution in [1.82, 2.24) is 25.8 Å². The second kappa shape index (κ2) is 15.8. The maximum atomic E-state index is 14.7. The molecule has 0 aromatic heterocycles. The van der Waals surface area contributed by atoms with Gasteiger partial charge in [-0.1, -0.05) is 59.2 Å². The molecule has 3 saturated heterocycles. The number of hydrogen-bond donors (Lipinski definition) is 7. The van der Waals surface area contributed by atoms with E-state index in [9.17, 15) is 44.1 Å². The molecule has 16 heteroatoms. The van der Waals surface area contributed by atoms with Crippen molar-refractivity contribution in [2.24, 2.45) is 17.8 Å². The van der Waals surface area contributed by atoms with E-state index < -0.39 is 108 Å². The second-order valence-electron chi connectivity index (χ2n) is 16.5. The molecule has 7 N–H and O–H groups in total. The van der Waals surface area contributed by atoms with Crippen LogP contribution in [0.4, 0.5) is 5.69 Å². The molecule has 0 unspecified atom stereocenters. The Morgan fingerprint density at radius 1 is 0.852 bits per heavy atom. The number of amides is 5. The molecule has 4 aliphatic heterocycles. The van der Waals surface area contributed by atoms with E-state index in [-0.39, 0.29) is 38.1 Å². The first kappa shape index (κ1) is 40.9. The smallest absolute Gasteiger partial charge is 0.329 e. The number of piperidine rings is 1. The van der Waals surface area contributed by atoms with Crippen molar-refractivity contribution in [3.63, 3.8) is 0 Å². The molecule has 0 radical (unpaired) electrons. The molecular weight excluding hydrogens is 700 g/mol. The Morgan fingerprint density at radius 2 is 1.50 bits per heavy atom. The fraction of sp³-hybridized carbons (Fsp3) is 0.684. The average Bonchev–Trinajstić information content (AvgIpc) is 3.54. The predicted molar refractivity (Wildman–Crippen MR) is 195 cm³/mol. The number of benzene rings is 1. The molecule has 0 saturated carbocycles. The highest BCUT2D eigenvalue weighted by molar-refractivity contribution is 5.98. The standard InChI is InChI=1S/C38H56N6O10/c1-17(2)13-25-31(47)42-29(21(8)45)34(50)44-27(16-38(53)23-14-20(7)9-10-24(23)40-37(38)44)33(49)41-28(18(3)4)36(52)54-30(19(5)6)35(51)43-12-11-22(46)15-26(43)32(48)39-25/h9-10,14,17-19,21-22,25-30,37,40,45-46,53H,11-13,15-16H2,1-8H3,(H,39,48)(H,41,49)(H,42,47)/t21-,22-,25-,26+,27-,28+,29+,30-,37-,38+/m1/s1. The quantitative estimate of drug-likeness (QED) is 0.198. The maximum absolute atomic E-state index is 14.7. The third kappa shape index (κ3) is 7.91. The lowest BCUT2D eigenvalue weighted by atomic mass is 9.90. The van der Waals surface area contributed by atoms with Gasteiger partial charge < -0.3 is 51.1 Å². The Hall–Kier alpha value is -4.28. The Labute approximate surface area is 315 Å². The number of anilines is 1. The topological polar surface area (TPSA) is 227 Å². The van der Waals surface area contributed by atoms with Crippen LogP contribution in [0.3, 0.4) is 0 Å². The number of nitrogens with one attached hydrogen (secondary N) is 4. The SMILES string of the molecule is Cc1ccc2c(c1)[C@@]1(O)C[C@@H]3C(=O)N[C@@H](C(C)C)C(=O)O[C@H](C(C)C)C(=O)N4CC[C@@H](O)C[C@H]4C(=O)N[C@H](CC(C)C)C(=O)N[C@@H]([C@@H](C)O)C(=O)N3[C@H]1N2. The minimum Gasteiger partial charge on any atom is -0.450 e. The first-order valence-corrected chi connectivity index (χ1v) is 19.0. The number of aliphatic hydroxyl groups is 3. The summed E-state index contributed by atoms with van der Waals surface area (Å²) in [6.45, 7) is 13.5. The second-order valence-corrected chi connectivity index (χ2v) is 16.5. The van der Waals surface area contributed by atoms with Crippen LogP contribution in [0.25, 0.3) is 0 Å². The van der Waals surface area contributed by atoms with Gasteiger partial charge in [0.25, 0.3) is 5.91 Å². The number of rotatable bonds is 5. The highest BCUT2D eigenvalue weighted by Crippen LogP contribution is 2.50. The normalized spacial score (nSPS) is 33.1. The summed E-state index contributed by atoms with van der Waals surface area (Å²) in [5.41, 5.74) is 0.0301. The lowest BCUT2D eigenvalue weighted by molar-refractivity contribution is -0.170. The van der Waals surface area contributed by atoms with Gasteiger partial charge in [0.2, 0.25) is 23.6 Å². The van der Waals surface area contributed by atoms with E-state index in [2.05, 4.69) is 21.3 Å². The van der Waals surface area contributed by atoms with Gasteiger partial charge >= 0.3 is 5.97 Å². The Morgan fingerprint density at radius 3 is 2.11 bits per heavy atom. The van der Waals surface area contributed by atoms with Crippen LogP contribution in [0.2, 0.25) is 0 Å². The highest BCUT2D eigenvalue weighted by Gasteiger charge is 2.61. The van der Waals surface area contributed by atoms with Crippen LogP contribution in [-0.2, 0) is 39.1 Å². The molecule has 298 valence electrons. The number of ether oxygens (including phenoxy) is 1. The molecule has 10 atom stereocenters. The molecule has 4 aliphatic rings. The summed E-state index contributed by atoms with van der Waals surface area (Å²) in [5, 5.41) is 45.1. The Kier molecular flexibility index (Phi) is 12.0. The third-order valence-electron chi connectivity index (χ3n) is 10.9. The van der Waals surface area contributed by atoms with Crippen molar-refractivity contribution in [1.29, 1.82) is 0 Å². The third-order valence-corrected chi connectivity index (χ3v) is 10.9.